The van der Waals surface area contributed by atoms with Crippen LogP contribution in [0.4, 0.5) is 0 Å². The lowest BCUT2D eigenvalue weighted by atomic mass is 10.1. The molecular weight excluding hydrogens is 308 g/mol. The predicted octanol–water partition coefficient (Wildman–Crippen LogP) is 4.74. The van der Waals surface area contributed by atoms with Crippen LogP contribution in [0.1, 0.15) is 0 Å². The van der Waals surface area contributed by atoms with Crippen molar-refractivity contribution in [1.29, 1.82) is 0 Å². The number of para-hydroxylation sites is 2. The van der Waals surface area contributed by atoms with Gasteiger partial charge in [0.25, 0.3) is 0 Å². The summed E-state index contributed by atoms with van der Waals surface area (Å²) in [6, 6.07) is 20.4. The number of nitrogens with zero attached hydrogens (tertiary/aromatic N) is 4. The van der Waals surface area contributed by atoms with Gasteiger partial charge in [-0.05, 0) is 24.3 Å². The highest BCUT2D eigenvalue weighted by molar-refractivity contribution is 6.17. The Morgan fingerprint density at radius 2 is 1.40 bits per heavy atom. The van der Waals surface area contributed by atoms with Gasteiger partial charge in [-0.2, -0.15) is 0 Å². The largest absolute Gasteiger partial charge is 0.298 e. The van der Waals surface area contributed by atoms with E-state index in [1.165, 1.54) is 10.8 Å². The quantitative estimate of drug-likeness (QED) is 0.300. The zero-order chi connectivity index (χ0) is 16.4. The van der Waals surface area contributed by atoms with Crippen molar-refractivity contribution in [1.82, 2.24) is 19.4 Å². The molecule has 4 heteroatoms. The van der Waals surface area contributed by atoms with Crippen molar-refractivity contribution in [3.63, 3.8) is 0 Å². The maximum atomic E-state index is 4.97. The standard InChI is InChI=1S/C21H12N4/c1-2-7-14-13(6-1)12-25-20(14)19-18(15-8-5-11-22-21(15)25)23-16-9-3-4-10-17(16)24-19/h1-12H. The van der Waals surface area contributed by atoms with E-state index in [1.54, 1.807) is 0 Å². The van der Waals surface area contributed by atoms with Crippen molar-refractivity contribution in [3.05, 3.63) is 73.1 Å². The van der Waals surface area contributed by atoms with Gasteiger partial charge in [-0.15, -0.1) is 0 Å². The molecule has 0 aliphatic heterocycles. The number of hydrogen-bond donors (Lipinski definition) is 0. The van der Waals surface area contributed by atoms with Gasteiger partial charge >= 0.3 is 0 Å². The second-order valence-electron chi connectivity index (χ2n) is 6.22. The maximum absolute atomic E-state index is 4.97. The van der Waals surface area contributed by atoms with E-state index in [4.69, 9.17) is 9.97 Å². The summed E-state index contributed by atoms with van der Waals surface area (Å²) in [7, 11) is 0. The van der Waals surface area contributed by atoms with Crippen LogP contribution in [0.5, 0.6) is 0 Å². The number of hydrogen-bond acceptors (Lipinski definition) is 3. The molecule has 4 nitrogen and oxygen atoms in total. The van der Waals surface area contributed by atoms with Crippen molar-refractivity contribution in [2.75, 3.05) is 0 Å². The molecule has 6 rings (SSSR count). The van der Waals surface area contributed by atoms with Crippen molar-refractivity contribution >= 4 is 49.4 Å². The molecule has 0 spiro atoms. The molecule has 2 aromatic carbocycles. The van der Waals surface area contributed by atoms with Gasteiger partial charge in [0.15, 0.2) is 0 Å². The minimum atomic E-state index is 0.901. The first-order valence-electron chi connectivity index (χ1n) is 8.23. The van der Waals surface area contributed by atoms with E-state index in [0.29, 0.717) is 0 Å². The fraction of sp³-hybridized carbons (Fsp3) is 0. The third-order valence-corrected chi connectivity index (χ3v) is 4.79. The van der Waals surface area contributed by atoms with Gasteiger partial charge in [0.05, 0.1) is 16.6 Å². The van der Waals surface area contributed by atoms with Crippen LogP contribution in [0.25, 0.3) is 49.4 Å². The minimum absolute atomic E-state index is 0.901. The Labute approximate surface area is 142 Å². The Balaban J connectivity index is 2.03. The average Bonchev–Trinajstić information content (AvgIpc) is 3.07. The molecule has 0 atom stereocenters. The van der Waals surface area contributed by atoms with E-state index in [0.717, 1.165) is 38.6 Å². The van der Waals surface area contributed by atoms with E-state index >= 15 is 0 Å². The third kappa shape index (κ3) is 1.63. The van der Waals surface area contributed by atoms with Crippen LogP contribution in [0, 0.1) is 0 Å². The van der Waals surface area contributed by atoms with Crippen LogP contribution < -0.4 is 0 Å². The topological polar surface area (TPSA) is 43.1 Å². The highest BCUT2D eigenvalue weighted by Crippen LogP contribution is 2.33. The Bertz CT molecular complexity index is 1450. The fourth-order valence-electron chi connectivity index (χ4n) is 3.69. The summed E-state index contributed by atoms with van der Waals surface area (Å²) in [5, 5.41) is 3.37. The van der Waals surface area contributed by atoms with Gasteiger partial charge in [0.1, 0.15) is 16.7 Å². The monoisotopic (exact) mass is 320 g/mol. The zero-order valence-electron chi connectivity index (χ0n) is 13.2. The number of rotatable bonds is 0. The lowest BCUT2D eigenvalue weighted by Crippen LogP contribution is -1.96. The second kappa shape index (κ2) is 4.51. The van der Waals surface area contributed by atoms with Crippen LogP contribution in [0.2, 0.25) is 0 Å². The molecule has 0 aliphatic rings. The summed E-state index contributed by atoms with van der Waals surface area (Å²) < 4.78 is 2.14. The Hall–Kier alpha value is -3.53. The Morgan fingerprint density at radius 1 is 0.680 bits per heavy atom. The average molecular weight is 320 g/mol. The molecule has 25 heavy (non-hydrogen) atoms. The molecular formula is C21H12N4. The Morgan fingerprint density at radius 3 is 2.28 bits per heavy atom. The van der Waals surface area contributed by atoms with E-state index in [2.05, 4.69) is 45.9 Å². The molecule has 116 valence electrons. The lowest BCUT2D eigenvalue weighted by molar-refractivity contribution is 1.20. The van der Waals surface area contributed by atoms with Crippen molar-refractivity contribution in [3.8, 4) is 0 Å². The van der Waals surface area contributed by atoms with Crippen molar-refractivity contribution in [2.45, 2.75) is 0 Å². The summed E-state index contributed by atoms with van der Waals surface area (Å²) in [5.41, 5.74) is 5.60. The zero-order valence-corrected chi connectivity index (χ0v) is 13.2. The molecule has 4 heterocycles. The van der Waals surface area contributed by atoms with E-state index in [9.17, 15) is 0 Å². The van der Waals surface area contributed by atoms with Crippen molar-refractivity contribution < 1.29 is 0 Å². The molecule has 0 aliphatic carbocycles. The minimum Gasteiger partial charge on any atom is -0.298 e. The summed E-state index contributed by atoms with van der Waals surface area (Å²) in [5.74, 6) is 0. The predicted molar refractivity (Wildman–Crippen MR) is 101 cm³/mol. The summed E-state index contributed by atoms with van der Waals surface area (Å²) >= 11 is 0. The molecule has 4 aromatic heterocycles. The van der Waals surface area contributed by atoms with Crippen LogP contribution in [-0.4, -0.2) is 19.4 Å². The number of pyridine rings is 2. The fourth-order valence-corrected chi connectivity index (χ4v) is 3.69. The van der Waals surface area contributed by atoms with Crippen molar-refractivity contribution in [2.24, 2.45) is 0 Å². The van der Waals surface area contributed by atoms with Gasteiger partial charge < -0.3 is 0 Å². The van der Waals surface area contributed by atoms with Gasteiger partial charge in [0.2, 0.25) is 0 Å². The Kier molecular flexibility index (Phi) is 2.32. The number of aromatic nitrogens is 4. The SMILES string of the molecule is c1ccc2c(c1)cn1c3ncccc3c3nc4ccccc4nc3c21. The van der Waals surface area contributed by atoms with Gasteiger partial charge in [-0.1, -0.05) is 36.4 Å². The normalized spacial score (nSPS) is 12.0. The van der Waals surface area contributed by atoms with E-state index in [1.807, 2.05) is 36.5 Å². The second-order valence-corrected chi connectivity index (χ2v) is 6.22. The third-order valence-electron chi connectivity index (χ3n) is 4.79. The molecule has 0 fully saturated rings. The first-order valence-corrected chi connectivity index (χ1v) is 8.23. The van der Waals surface area contributed by atoms with Gasteiger partial charge in [-0.25, -0.2) is 15.0 Å². The van der Waals surface area contributed by atoms with Gasteiger partial charge in [-0.3, -0.25) is 4.40 Å². The smallest absolute Gasteiger partial charge is 0.146 e. The summed E-state index contributed by atoms with van der Waals surface area (Å²) in [6.07, 6.45) is 3.96. The van der Waals surface area contributed by atoms with Crippen LogP contribution >= 0.6 is 0 Å². The number of benzene rings is 2. The molecule has 0 radical (unpaired) electrons. The molecule has 0 unspecified atom stereocenters. The summed E-state index contributed by atoms with van der Waals surface area (Å²) in [4.78, 5) is 14.5. The molecule has 0 saturated heterocycles. The van der Waals surface area contributed by atoms with Crippen LogP contribution in [0.3, 0.4) is 0 Å². The molecule has 0 amide bonds. The van der Waals surface area contributed by atoms with Crippen LogP contribution in [0.15, 0.2) is 73.1 Å². The molecule has 0 N–H and O–H groups in total. The molecule has 0 saturated carbocycles. The molecule has 0 bridgehead atoms. The molecule has 6 aromatic rings. The van der Waals surface area contributed by atoms with E-state index in [-0.39, 0.29) is 0 Å². The highest BCUT2D eigenvalue weighted by atomic mass is 15.0. The lowest BCUT2D eigenvalue weighted by Gasteiger charge is -2.08. The van der Waals surface area contributed by atoms with Gasteiger partial charge in [0, 0.05) is 28.6 Å². The first kappa shape index (κ1) is 12.8. The highest BCUT2D eigenvalue weighted by Gasteiger charge is 2.15. The van der Waals surface area contributed by atoms with E-state index < -0.39 is 0 Å². The maximum Gasteiger partial charge on any atom is 0.146 e. The number of fused-ring (bicyclic) bond motifs is 9. The van der Waals surface area contributed by atoms with Crippen LogP contribution in [-0.2, 0) is 0 Å². The summed E-state index contributed by atoms with van der Waals surface area (Å²) in [6.45, 7) is 0. The first-order chi connectivity index (χ1) is 12.4.